The molecule has 0 radical (unpaired) electrons. The number of hydrogen-bond acceptors (Lipinski definition) is 3. The number of pyridine rings is 1. The van der Waals surface area contributed by atoms with Gasteiger partial charge in [0.2, 0.25) is 0 Å². The minimum Gasteiger partial charge on any atom is -0.354 e. The van der Waals surface area contributed by atoms with Gasteiger partial charge in [-0.1, -0.05) is 25.1 Å². The standard InChI is InChI=1S/C17H25N3/c1-5-10-20(13(2)3)17-11-14(12-18-4)15-8-6-7-9-16(15)19-17/h6-9,11,13,18H,5,10,12H2,1-4H3. The number of aromatic nitrogens is 1. The third-order valence-electron chi connectivity index (χ3n) is 3.54. The molecule has 3 nitrogen and oxygen atoms in total. The molecule has 0 saturated carbocycles. The largest absolute Gasteiger partial charge is 0.354 e. The monoisotopic (exact) mass is 271 g/mol. The van der Waals surface area contributed by atoms with Gasteiger partial charge in [-0.05, 0) is 45.0 Å². The topological polar surface area (TPSA) is 28.2 Å². The molecule has 2 rings (SSSR count). The van der Waals surface area contributed by atoms with Gasteiger partial charge in [0.15, 0.2) is 0 Å². The van der Waals surface area contributed by atoms with Crippen LogP contribution in [0.1, 0.15) is 32.8 Å². The molecule has 2 aromatic rings. The van der Waals surface area contributed by atoms with Crippen LogP contribution in [-0.2, 0) is 6.54 Å². The van der Waals surface area contributed by atoms with Crippen molar-refractivity contribution in [1.29, 1.82) is 0 Å². The van der Waals surface area contributed by atoms with Crippen molar-refractivity contribution in [1.82, 2.24) is 10.3 Å². The van der Waals surface area contributed by atoms with Crippen LogP contribution in [0.2, 0.25) is 0 Å². The van der Waals surface area contributed by atoms with Gasteiger partial charge < -0.3 is 10.2 Å². The van der Waals surface area contributed by atoms with Crippen molar-refractivity contribution >= 4 is 16.7 Å². The molecule has 0 bridgehead atoms. The van der Waals surface area contributed by atoms with E-state index in [1.165, 1.54) is 10.9 Å². The lowest BCUT2D eigenvalue weighted by molar-refractivity contribution is 0.662. The summed E-state index contributed by atoms with van der Waals surface area (Å²) in [5, 5.41) is 4.50. The van der Waals surface area contributed by atoms with Crippen molar-refractivity contribution in [3.05, 3.63) is 35.9 Å². The maximum atomic E-state index is 4.86. The predicted molar refractivity (Wildman–Crippen MR) is 87.3 cm³/mol. The van der Waals surface area contributed by atoms with Gasteiger partial charge in [-0.25, -0.2) is 4.98 Å². The van der Waals surface area contributed by atoms with Gasteiger partial charge >= 0.3 is 0 Å². The summed E-state index contributed by atoms with van der Waals surface area (Å²) in [7, 11) is 1.99. The fourth-order valence-corrected chi connectivity index (χ4v) is 2.59. The van der Waals surface area contributed by atoms with E-state index >= 15 is 0 Å². The Balaban J connectivity index is 2.53. The summed E-state index contributed by atoms with van der Waals surface area (Å²) in [6.45, 7) is 8.58. The second kappa shape index (κ2) is 6.71. The van der Waals surface area contributed by atoms with Crippen LogP contribution in [-0.4, -0.2) is 24.6 Å². The molecule has 0 spiro atoms. The number of rotatable bonds is 6. The van der Waals surface area contributed by atoms with Crippen LogP contribution >= 0.6 is 0 Å². The first-order chi connectivity index (χ1) is 9.67. The Labute approximate surface area is 122 Å². The zero-order chi connectivity index (χ0) is 14.5. The molecule has 0 unspecified atom stereocenters. The average molecular weight is 271 g/mol. The van der Waals surface area contributed by atoms with Crippen LogP contribution in [0.3, 0.4) is 0 Å². The SMILES string of the molecule is CCCN(c1cc(CNC)c2ccccc2n1)C(C)C. The Morgan fingerprint density at radius 2 is 2.00 bits per heavy atom. The smallest absolute Gasteiger partial charge is 0.129 e. The molecule has 1 heterocycles. The lowest BCUT2D eigenvalue weighted by atomic mass is 10.1. The number of fused-ring (bicyclic) bond motifs is 1. The lowest BCUT2D eigenvalue weighted by Gasteiger charge is -2.28. The number of nitrogens with one attached hydrogen (secondary N) is 1. The highest BCUT2D eigenvalue weighted by Gasteiger charge is 2.13. The maximum Gasteiger partial charge on any atom is 0.129 e. The van der Waals surface area contributed by atoms with E-state index in [4.69, 9.17) is 4.98 Å². The van der Waals surface area contributed by atoms with Crippen LogP contribution in [0.5, 0.6) is 0 Å². The highest BCUT2D eigenvalue weighted by molar-refractivity contribution is 5.84. The molecule has 0 amide bonds. The second-order valence-corrected chi connectivity index (χ2v) is 5.47. The molecule has 20 heavy (non-hydrogen) atoms. The summed E-state index contributed by atoms with van der Waals surface area (Å²) in [5.41, 5.74) is 2.40. The Kier molecular flexibility index (Phi) is 4.96. The van der Waals surface area contributed by atoms with Crippen molar-refractivity contribution in [2.45, 2.75) is 39.8 Å². The van der Waals surface area contributed by atoms with E-state index in [-0.39, 0.29) is 0 Å². The molecular formula is C17H25N3. The van der Waals surface area contributed by atoms with Crippen molar-refractivity contribution in [2.24, 2.45) is 0 Å². The number of anilines is 1. The molecule has 3 heteroatoms. The Hall–Kier alpha value is -1.61. The first kappa shape index (κ1) is 14.8. The van der Waals surface area contributed by atoms with Gasteiger partial charge in [0.05, 0.1) is 5.52 Å². The highest BCUT2D eigenvalue weighted by atomic mass is 15.2. The van der Waals surface area contributed by atoms with Crippen LogP contribution < -0.4 is 10.2 Å². The van der Waals surface area contributed by atoms with Gasteiger partial charge in [0.1, 0.15) is 5.82 Å². The maximum absolute atomic E-state index is 4.86. The van der Waals surface area contributed by atoms with Crippen molar-refractivity contribution < 1.29 is 0 Å². The molecule has 0 fully saturated rings. The molecule has 0 saturated heterocycles. The summed E-state index contributed by atoms with van der Waals surface area (Å²) >= 11 is 0. The quantitative estimate of drug-likeness (QED) is 0.870. The number of hydrogen-bond donors (Lipinski definition) is 1. The van der Waals surface area contributed by atoms with E-state index in [2.05, 4.69) is 61.3 Å². The zero-order valence-corrected chi connectivity index (χ0v) is 13.0. The summed E-state index contributed by atoms with van der Waals surface area (Å²) in [6, 6.07) is 11.1. The van der Waals surface area contributed by atoms with Gasteiger partial charge in [-0.2, -0.15) is 0 Å². The average Bonchev–Trinajstić information content (AvgIpc) is 2.44. The molecule has 1 aromatic carbocycles. The minimum atomic E-state index is 0.464. The van der Waals surface area contributed by atoms with Gasteiger partial charge in [0, 0.05) is 24.5 Å². The Morgan fingerprint density at radius 1 is 1.25 bits per heavy atom. The minimum absolute atomic E-state index is 0.464. The van der Waals surface area contributed by atoms with E-state index in [9.17, 15) is 0 Å². The number of benzene rings is 1. The van der Waals surface area contributed by atoms with E-state index < -0.39 is 0 Å². The normalized spacial score (nSPS) is 11.2. The van der Waals surface area contributed by atoms with E-state index in [0.717, 1.165) is 30.8 Å². The van der Waals surface area contributed by atoms with Crippen molar-refractivity contribution in [2.75, 3.05) is 18.5 Å². The fourth-order valence-electron chi connectivity index (χ4n) is 2.59. The molecule has 1 N–H and O–H groups in total. The number of para-hydroxylation sites is 1. The van der Waals surface area contributed by atoms with Crippen LogP contribution in [0.4, 0.5) is 5.82 Å². The summed E-state index contributed by atoms with van der Waals surface area (Å²) < 4.78 is 0. The van der Waals surface area contributed by atoms with Crippen LogP contribution in [0.25, 0.3) is 10.9 Å². The van der Waals surface area contributed by atoms with Crippen LogP contribution in [0.15, 0.2) is 30.3 Å². The molecule has 0 aliphatic carbocycles. The summed E-state index contributed by atoms with van der Waals surface area (Å²) in [5.74, 6) is 1.09. The highest BCUT2D eigenvalue weighted by Crippen LogP contribution is 2.24. The predicted octanol–water partition coefficient (Wildman–Crippen LogP) is 3.58. The fraction of sp³-hybridized carbons (Fsp3) is 0.471. The first-order valence-corrected chi connectivity index (χ1v) is 7.47. The Morgan fingerprint density at radius 3 is 2.65 bits per heavy atom. The zero-order valence-electron chi connectivity index (χ0n) is 13.0. The Bertz CT molecular complexity index is 563. The summed E-state index contributed by atoms with van der Waals surface area (Å²) in [6.07, 6.45) is 1.13. The molecule has 0 aliphatic heterocycles. The molecular weight excluding hydrogens is 246 g/mol. The van der Waals surface area contributed by atoms with Crippen LogP contribution in [0, 0.1) is 0 Å². The van der Waals surface area contributed by atoms with Crippen molar-refractivity contribution in [3.8, 4) is 0 Å². The van der Waals surface area contributed by atoms with Crippen molar-refractivity contribution in [3.63, 3.8) is 0 Å². The van der Waals surface area contributed by atoms with E-state index in [1.54, 1.807) is 0 Å². The molecule has 0 aliphatic rings. The van der Waals surface area contributed by atoms with E-state index in [0.29, 0.717) is 6.04 Å². The van der Waals surface area contributed by atoms with Gasteiger partial charge in [0.25, 0.3) is 0 Å². The lowest BCUT2D eigenvalue weighted by Crippen LogP contribution is -2.32. The summed E-state index contributed by atoms with van der Waals surface area (Å²) in [4.78, 5) is 7.24. The molecule has 0 atom stereocenters. The number of nitrogens with zero attached hydrogens (tertiary/aromatic N) is 2. The first-order valence-electron chi connectivity index (χ1n) is 7.47. The molecule has 1 aromatic heterocycles. The molecule has 108 valence electrons. The third-order valence-corrected chi connectivity index (χ3v) is 3.54. The van der Waals surface area contributed by atoms with E-state index in [1.807, 2.05) is 7.05 Å². The van der Waals surface area contributed by atoms with Gasteiger partial charge in [-0.15, -0.1) is 0 Å². The van der Waals surface area contributed by atoms with Gasteiger partial charge in [-0.3, -0.25) is 0 Å². The second-order valence-electron chi connectivity index (χ2n) is 5.47. The third kappa shape index (κ3) is 3.10.